The molecule has 0 spiro atoms. The fraction of sp³-hybridized carbons (Fsp3) is 0. The van der Waals surface area contributed by atoms with Crippen LogP contribution in [0, 0.1) is 0 Å². The zero-order valence-corrected chi connectivity index (χ0v) is 10.8. The Bertz CT molecular complexity index is 626. The highest BCUT2D eigenvalue weighted by Gasteiger charge is 2.17. The molecule has 0 aliphatic rings. The number of thiophene rings is 1. The molecule has 0 saturated heterocycles. The molecule has 0 radical (unpaired) electrons. The molecule has 0 aromatic carbocycles. The van der Waals surface area contributed by atoms with E-state index in [9.17, 15) is 8.42 Å². The van der Waals surface area contributed by atoms with Crippen LogP contribution in [0.4, 0.5) is 11.5 Å². The van der Waals surface area contributed by atoms with Crippen LogP contribution in [0.1, 0.15) is 0 Å². The fourth-order valence-corrected chi connectivity index (χ4v) is 3.33. The van der Waals surface area contributed by atoms with Crippen molar-refractivity contribution in [1.82, 2.24) is 4.98 Å². The summed E-state index contributed by atoms with van der Waals surface area (Å²) in [5, 5.41) is 2.02. The third-order valence-electron chi connectivity index (χ3n) is 1.87. The molecule has 2 heterocycles. The highest BCUT2D eigenvalue weighted by Crippen LogP contribution is 2.24. The molecule has 3 N–H and O–H groups in total. The number of hydrogen-bond donors (Lipinski definition) is 2. The number of anilines is 2. The summed E-state index contributed by atoms with van der Waals surface area (Å²) >= 11 is 6.78. The zero-order valence-electron chi connectivity index (χ0n) is 8.42. The van der Waals surface area contributed by atoms with Crippen LogP contribution in [0.15, 0.2) is 34.0 Å². The Hall–Kier alpha value is -1.31. The van der Waals surface area contributed by atoms with Crippen molar-refractivity contribution in [3.63, 3.8) is 0 Å². The van der Waals surface area contributed by atoms with Gasteiger partial charge in [-0.2, -0.15) is 0 Å². The summed E-state index contributed by atoms with van der Waals surface area (Å²) < 4.78 is 26.2. The molecule has 17 heavy (non-hydrogen) atoms. The molecule has 2 aromatic heterocycles. The van der Waals surface area contributed by atoms with E-state index in [0.717, 1.165) is 11.3 Å². The second-order valence-electron chi connectivity index (χ2n) is 3.13. The molecule has 8 heteroatoms. The van der Waals surface area contributed by atoms with E-state index in [-0.39, 0.29) is 15.7 Å². The third-order valence-corrected chi connectivity index (χ3v) is 4.82. The molecule has 0 saturated carbocycles. The Kier molecular flexibility index (Phi) is 3.23. The van der Waals surface area contributed by atoms with Crippen LogP contribution in [0.2, 0.25) is 5.02 Å². The molecule has 0 aliphatic carbocycles. The van der Waals surface area contributed by atoms with Gasteiger partial charge < -0.3 is 5.73 Å². The lowest BCUT2D eigenvalue weighted by molar-refractivity contribution is 0.603. The van der Waals surface area contributed by atoms with Crippen molar-refractivity contribution in [1.29, 1.82) is 0 Å². The first-order valence-electron chi connectivity index (χ1n) is 4.46. The number of nitrogens with zero attached hydrogens (tertiary/aromatic N) is 1. The first-order chi connectivity index (χ1) is 7.99. The largest absolute Gasteiger partial charge is 0.396 e. The van der Waals surface area contributed by atoms with E-state index in [1.165, 1.54) is 18.3 Å². The standard InChI is InChI=1S/C9H8ClN3O2S2/c10-6-4-7(11)9(12-5-6)13-17(14,15)8-2-1-3-16-8/h1-5H,11H2,(H,12,13). The van der Waals surface area contributed by atoms with Gasteiger partial charge in [-0.1, -0.05) is 17.7 Å². The SMILES string of the molecule is Nc1cc(Cl)cnc1NS(=O)(=O)c1cccs1. The second kappa shape index (κ2) is 4.52. The van der Waals surface area contributed by atoms with E-state index < -0.39 is 10.0 Å². The minimum absolute atomic E-state index is 0.0720. The fourth-order valence-electron chi connectivity index (χ4n) is 1.13. The van der Waals surface area contributed by atoms with E-state index in [1.54, 1.807) is 11.4 Å². The molecule has 0 bridgehead atoms. The summed E-state index contributed by atoms with van der Waals surface area (Å²) in [4.78, 5) is 3.83. The van der Waals surface area contributed by atoms with Gasteiger partial charge in [0.1, 0.15) is 4.21 Å². The van der Waals surface area contributed by atoms with Gasteiger partial charge >= 0.3 is 0 Å². The Morgan fingerprint density at radius 2 is 2.24 bits per heavy atom. The van der Waals surface area contributed by atoms with Gasteiger partial charge in [-0.3, -0.25) is 4.72 Å². The average molecular weight is 290 g/mol. The molecular weight excluding hydrogens is 282 g/mol. The number of hydrogen-bond acceptors (Lipinski definition) is 5. The highest BCUT2D eigenvalue weighted by molar-refractivity contribution is 7.94. The van der Waals surface area contributed by atoms with Crippen LogP contribution in [-0.2, 0) is 10.0 Å². The van der Waals surface area contributed by atoms with Crippen molar-refractivity contribution < 1.29 is 8.42 Å². The molecule has 90 valence electrons. The molecular formula is C9H8ClN3O2S2. The number of nitrogens with two attached hydrogens (primary N) is 1. The Labute approximate surface area is 107 Å². The quantitative estimate of drug-likeness (QED) is 0.907. The van der Waals surface area contributed by atoms with Gasteiger partial charge in [0, 0.05) is 6.20 Å². The van der Waals surface area contributed by atoms with E-state index in [0.29, 0.717) is 5.02 Å². The Morgan fingerprint density at radius 1 is 1.47 bits per heavy atom. The van der Waals surface area contributed by atoms with Gasteiger partial charge in [-0.25, -0.2) is 13.4 Å². The second-order valence-corrected chi connectivity index (χ2v) is 6.42. The molecule has 0 amide bonds. The van der Waals surface area contributed by atoms with E-state index in [2.05, 4.69) is 9.71 Å². The number of nitrogen functional groups attached to an aromatic ring is 1. The number of rotatable bonds is 3. The van der Waals surface area contributed by atoms with Crippen molar-refractivity contribution in [2.75, 3.05) is 10.5 Å². The number of sulfonamides is 1. The van der Waals surface area contributed by atoms with Gasteiger partial charge in [0.15, 0.2) is 5.82 Å². The summed E-state index contributed by atoms with van der Waals surface area (Å²) in [5.74, 6) is 0.0720. The Morgan fingerprint density at radius 3 is 2.82 bits per heavy atom. The van der Waals surface area contributed by atoms with Crippen LogP contribution in [-0.4, -0.2) is 13.4 Å². The van der Waals surface area contributed by atoms with Crippen molar-refractivity contribution in [3.05, 3.63) is 34.8 Å². The van der Waals surface area contributed by atoms with Gasteiger partial charge in [0.2, 0.25) is 0 Å². The first kappa shape index (κ1) is 12.2. The lowest BCUT2D eigenvalue weighted by Crippen LogP contribution is -2.13. The van der Waals surface area contributed by atoms with Gasteiger partial charge in [-0.05, 0) is 17.5 Å². The van der Waals surface area contributed by atoms with Crippen LogP contribution in [0.3, 0.4) is 0 Å². The third kappa shape index (κ3) is 2.68. The van der Waals surface area contributed by atoms with Crippen molar-refractivity contribution in [3.8, 4) is 0 Å². The monoisotopic (exact) mass is 289 g/mol. The summed E-state index contributed by atoms with van der Waals surface area (Å²) in [5.41, 5.74) is 5.79. The van der Waals surface area contributed by atoms with Crippen LogP contribution >= 0.6 is 22.9 Å². The summed E-state index contributed by atoms with van der Waals surface area (Å²) in [7, 11) is -3.62. The van der Waals surface area contributed by atoms with Crippen molar-refractivity contribution in [2.24, 2.45) is 0 Å². The molecule has 0 atom stereocenters. The van der Waals surface area contributed by atoms with Crippen molar-refractivity contribution in [2.45, 2.75) is 4.21 Å². The molecule has 2 rings (SSSR count). The topological polar surface area (TPSA) is 85.1 Å². The molecule has 0 unspecified atom stereocenters. The lowest BCUT2D eigenvalue weighted by atomic mass is 10.4. The number of halogens is 1. The molecule has 2 aromatic rings. The molecule has 0 fully saturated rings. The number of aromatic nitrogens is 1. The minimum atomic E-state index is -3.62. The summed E-state index contributed by atoms with van der Waals surface area (Å²) in [6, 6.07) is 4.58. The van der Waals surface area contributed by atoms with Crippen molar-refractivity contribution >= 4 is 44.5 Å². The first-order valence-corrected chi connectivity index (χ1v) is 7.20. The lowest BCUT2D eigenvalue weighted by Gasteiger charge is -2.07. The predicted molar refractivity (Wildman–Crippen MR) is 68.8 cm³/mol. The van der Waals surface area contributed by atoms with Gasteiger partial charge in [-0.15, -0.1) is 11.3 Å². The maximum atomic E-state index is 11.9. The van der Waals surface area contributed by atoms with E-state index in [1.807, 2.05) is 0 Å². The van der Waals surface area contributed by atoms with E-state index >= 15 is 0 Å². The summed E-state index contributed by atoms with van der Waals surface area (Å²) in [6.07, 6.45) is 1.32. The highest BCUT2D eigenvalue weighted by atomic mass is 35.5. The minimum Gasteiger partial charge on any atom is -0.396 e. The number of nitrogens with one attached hydrogen (secondary N) is 1. The van der Waals surface area contributed by atoms with E-state index in [4.69, 9.17) is 17.3 Å². The van der Waals surface area contributed by atoms with Crippen LogP contribution in [0.25, 0.3) is 0 Å². The molecule has 5 nitrogen and oxygen atoms in total. The van der Waals surface area contributed by atoms with Crippen LogP contribution < -0.4 is 10.5 Å². The maximum Gasteiger partial charge on any atom is 0.272 e. The predicted octanol–water partition coefficient (Wildman–Crippen LogP) is 2.18. The molecule has 0 aliphatic heterocycles. The van der Waals surface area contributed by atoms with Gasteiger partial charge in [0.05, 0.1) is 10.7 Å². The maximum absolute atomic E-state index is 11.9. The van der Waals surface area contributed by atoms with Crippen LogP contribution in [0.5, 0.6) is 0 Å². The van der Waals surface area contributed by atoms with Gasteiger partial charge in [0.25, 0.3) is 10.0 Å². The Balaban J connectivity index is 2.33. The normalized spacial score (nSPS) is 11.4. The average Bonchev–Trinajstić information content (AvgIpc) is 2.76. The zero-order chi connectivity index (χ0) is 12.5. The number of pyridine rings is 1. The smallest absolute Gasteiger partial charge is 0.272 e. The summed E-state index contributed by atoms with van der Waals surface area (Å²) in [6.45, 7) is 0.